The normalized spacial score (nSPS) is 15.2. The fourth-order valence-electron chi connectivity index (χ4n) is 3.12. The molecule has 5 nitrogen and oxygen atoms in total. The van der Waals surface area contributed by atoms with Crippen LogP contribution in [0.3, 0.4) is 0 Å². The Morgan fingerprint density at radius 3 is 1.69 bits per heavy atom. The Hall–Kier alpha value is -3.64. The van der Waals surface area contributed by atoms with E-state index in [4.69, 9.17) is 0 Å². The molecule has 0 unspecified atom stereocenters. The summed E-state index contributed by atoms with van der Waals surface area (Å²) in [5, 5.41) is 14.3. The highest BCUT2D eigenvalue weighted by Crippen LogP contribution is 2.32. The SMILES string of the molecule is C[NH2+]C.O=C1C(=C/C(F)=C/C2=C([O-])c3ccccc3C2=O)C(=O)c2ccccc21. The summed E-state index contributed by atoms with van der Waals surface area (Å²) in [4.78, 5) is 36.8. The monoisotopic (exact) mass is 391 g/mol. The number of fused-ring (bicyclic) bond motifs is 2. The van der Waals surface area contributed by atoms with E-state index in [1.807, 2.05) is 19.4 Å². The number of nitrogens with two attached hydrogens (primary N) is 1. The van der Waals surface area contributed by atoms with Crippen LogP contribution < -0.4 is 10.4 Å². The van der Waals surface area contributed by atoms with Crippen LogP contribution in [0.4, 0.5) is 4.39 Å². The Morgan fingerprint density at radius 1 is 0.828 bits per heavy atom. The van der Waals surface area contributed by atoms with Crippen LogP contribution in [0, 0.1) is 0 Å². The Morgan fingerprint density at radius 2 is 1.24 bits per heavy atom. The summed E-state index contributed by atoms with van der Waals surface area (Å²) in [6.45, 7) is 0. The average molecular weight is 391 g/mol. The molecule has 2 aromatic carbocycles. The van der Waals surface area contributed by atoms with Gasteiger partial charge in [0.05, 0.1) is 19.7 Å². The minimum absolute atomic E-state index is 0.213. The van der Waals surface area contributed by atoms with Crippen molar-refractivity contribution in [2.75, 3.05) is 14.1 Å². The maximum Gasteiger partial charge on any atom is 0.197 e. The van der Waals surface area contributed by atoms with E-state index in [0.29, 0.717) is 0 Å². The van der Waals surface area contributed by atoms with Gasteiger partial charge in [0, 0.05) is 22.3 Å². The highest BCUT2D eigenvalue weighted by molar-refractivity contribution is 6.39. The Balaban J connectivity index is 0.000000755. The molecule has 0 spiro atoms. The second-order valence-corrected chi connectivity index (χ2v) is 6.49. The summed E-state index contributed by atoms with van der Waals surface area (Å²) >= 11 is 0. The summed E-state index contributed by atoms with van der Waals surface area (Å²) in [6, 6.07) is 12.4. The second kappa shape index (κ2) is 8.16. The molecule has 2 aliphatic carbocycles. The summed E-state index contributed by atoms with van der Waals surface area (Å²) in [5.41, 5.74) is 0.204. The molecule has 4 rings (SSSR count). The van der Waals surface area contributed by atoms with Gasteiger partial charge in [-0.15, -0.1) is 0 Å². The fourth-order valence-corrected chi connectivity index (χ4v) is 3.12. The standard InChI is InChI=1S/C21H11FO4.C2H7N/c22-11(9-16-18(23)12-5-1-2-6-13(12)19(16)24)10-17-20(25)14-7-3-4-8-15(14)21(17)26;1-3-2/h1-10,23H;3H,1-2H3/b11-9-;. The highest BCUT2D eigenvalue weighted by Gasteiger charge is 2.33. The van der Waals surface area contributed by atoms with E-state index in [-0.39, 0.29) is 33.4 Å². The molecule has 0 radical (unpaired) electrons. The number of allylic oxidation sites excluding steroid dienone is 5. The average Bonchev–Trinajstić information content (AvgIpc) is 3.10. The van der Waals surface area contributed by atoms with Crippen LogP contribution in [0.25, 0.3) is 5.76 Å². The number of hydrogen-bond acceptors (Lipinski definition) is 4. The minimum atomic E-state index is -1.00. The van der Waals surface area contributed by atoms with Crippen LogP contribution >= 0.6 is 0 Å². The van der Waals surface area contributed by atoms with Crippen molar-refractivity contribution in [3.8, 4) is 0 Å². The van der Waals surface area contributed by atoms with Crippen LogP contribution in [0.1, 0.15) is 36.6 Å². The van der Waals surface area contributed by atoms with Crippen molar-refractivity contribution in [1.82, 2.24) is 0 Å². The zero-order valence-electron chi connectivity index (χ0n) is 15.9. The highest BCUT2D eigenvalue weighted by atomic mass is 19.1. The predicted octanol–water partition coefficient (Wildman–Crippen LogP) is 1.62. The third-order valence-corrected chi connectivity index (χ3v) is 4.38. The number of halogens is 1. The number of ketones is 3. The molecule has 146 valence electrons. The topological polar surface area (TPSA) is 90.9 Å². The van der Waals surface area contributed by atoms with Crippen molar-refractivity contribution in [3.05, 3.63) is 99.9 Å². The quantitative estimate of drug-likeness (QED) is 0.622. The molecule has 2 aromatic rings. The molecule has 0 saturated heterocycles. The third kappa shape index (κ3) is 3.58. The molecule has 0 saturated carbocycles. The molecule has 0 heterocycles. The van der Waals surface area contributed by atoms with Crippen LogP contribution in [0.15, 0.2) is 77.7 Å². The molecule has 0 atom stereocenters. The lowest BCUT2D eigenvalue weighted by atomic mass is 10.1. The number of carbonyl (C=O) groups excluding carboxylic acids is 3. The number of hydrogen-bond donors (Lipinski definition) is 1. The first kappa shape index (κ1) is 20.1. The summed E-state index contributed by atoms with van der Waals surface area (Å²) in [5.74, 6) is -3.31. The lowest BCUT2D eigenvalue weighted by molar-refractivity contribution is -0.597. The van der Waals surface area contributed by atoms with E-state index in [9.17, 15) is 23.9 Å². The van der Waals surface area contributed by atoms with Crippen LogP contribution in [0.5, 0.6) is 0 Å². The first-order valence-electron chi connectivity index (χ1n) is 8.97. The molecule has 0 bridgehead atoms. The fraction of sp³-hybridized carbons (Fsp3) is 0.0870. The summed E-state index contributed by atoms with van der Waals surface area (Å²) in [7, 11) is 4.00. The van der Waals surface area contributed by atoms with Gasteiger partial charge in [-0.05, 0) is 17.7 Å². The second-order valence-electron chi connectivity index (χ2n) is 6.49. The lowest BCUT2D eigenvalue weighted by Crippen LogP contribution is -2.74. The van der Waals surface area contributed by atoms with Gasteiger partial charge in [-0.2, -0.15) is 0 Å². The minimum Gasteiger partial charge on any atom is -0.872 e. The number of carbonyl (C=O) groups is 3. The van der Waals surface area contributed by atoms with Gasteiger partial charge in [-0.3, -0.25) is 14.4 Å². The molecule has 29 heavy (non-hydrogen) atoms. The van der Waals surface area contributed by atoms with Gasteiger partial charge < -0.3 is 10.4 Å². The van der Waals surface area contributed by atoms with Crippen molar-refractivity contribution in [2.45, 2.75) is 0 Å². The van der Waals surface area contributed by atoms with Crippen molar-refractivity contribution >= 4 is 23.1 Å². The number of Topliss-reactive ketones (excluding diaryl/α,β-unsaturated/α-hetero) is 3. The van der Waals surface area contributed by atoms with Crippen molar-refractivity contribution in [3.63, 3.8) is 0 Å². The molecule has 0 fully saturated rings. The van der Waals surface area contributed by atoms with Gasteiger partial charge in [0.2, 0.25) is 0 Å². The van der Waals surface area contributed by atoms with E-state index >= 15 is 0 Å². The molecule has 0 amide bonds. The summed E-state index contributed by atoms with van der Waals surface area (Å²) in [6.07, 6.45) is 1.56. The van der Waals surface area contributed by atoms with Gasteiger partial charge in [0.15, 0.2) is 17.3 Å². The van der Waals surface area contributed by atoms with E-state index < -0.39 is 28.9 Å². The van der Waals surface area contributed by atoms with E-state index in [1.165, 1.54) is 24.3 Å². The number of quaternary nitrogens is 1. The van der Waals surface area contributed by atoms with Crippen molar-refractivity contribution in [1.29, 1.82) is 0 Å². The van der Waals surface area contributed by atoms with E-state index in [0.717, 1.165) is 12.2 Å². The zero-order valence-corrected chi connectivity index (χ0v) is 15.9. The maximum atomic E-state index is 14.4. The van der Waals surface area contributed by atoms with Crippen molar-refractivity contribution in [2.24, 2.45) is 0 Å². The molecular formula is C23H18FNO4. The van der Waals surface area contributed by atoms with Crippen LogP contribution in [-0.2, 0) is 0 Å². The van der Waals surface area contributed by atoms with Gasteiger partial charge in [0.1, 0.15) is 5.83 Å². The van der Waals surface area contributed by atoms with E-state index in [1.54, 1.807) is 24.3 Å². The first-order valence-corrected chi connectivity index (χ1v) is 8.97. The molecule has 2 aliphatic rings. The number of rotatable bonds is 2. The Kier molecular flexibility index (Phi) is 5.66. The van der Waals surface area contributed by atoms with E-state index in [2.05, 4.69) is 0 Å². The third-order valence-electron chi connectivity index (χ3n) is 4.38. The Bertz CT molecular complexity index is 1090. The lowest BCUT2D eigenvalue weighted by Gasteiger charge is -2.08. The van der Waals surface area contributed by atoms with Gasteiger partial charge in [-0.1, -0.05) is 54.3 Å². The van der Waals surface area contributed by atoms with Crippen LogP contribution in [0.2, 0.25) is 0 Å². The van der Waals surface area contributed by atoms with Gasteiger partial charge in [-0.25, -0.2) is 4.39 Å². The molecule has 0 aromatic heterocycles. The maximum absolute atomic E-state index is 14.4. The summed E-state index contributed by atoms with van der Waals surface area (Å²) < 4.78 is 14.4. The first-order chi connectivity index (χ1) is 13.9. The smallest absolute Gasteiger partial charge is 0.197 e. The zero-order chi connectivity index (χ0) is 21.1. The van der Waals surface area contributed by atoms with Gasteiger partial charge in [0.25, 0.3) is 0 Å². The predicted molar refractivity (Wildman–Crippen MR) is 104 cm³/mol. The molecule has 2 N–H and O–H groups in total. The van der Waals surface area contributed by atoms with Crippen molar-refractivity contribution < 1.29 is 29.2 Å². The molecule has 6 heteroatoms. The molecule has 0 aliphatic heterocycles. The van der Waals surface area contributed by atoms with Gasteiger partial charge >= 0.3 is 0 Å². The number of benzene rings is 2. The largest absolute Gasteiger partial charge is 0.872 e. The Labute approximate surface area is 166 Å². The van der Waals surface area contributed by atoms with Crippen LogP contribution in [-0.4, -0.2) is 31.4 Å². The molecular weight excluding hydrogens is 373 g/mol.